The summed E-state index contributed by atoms with van der Waals surface area (Å²) in [6.45, 7) is 3.60. The van der Waals surface area contributed by atoms with Gasteiger partial charge < -0.3 is 0 Å². The van der Waals surface area contributed by atoms with Crippen LogP contribution in [0.1, 0.15) is 35.9 Å². The SMILES string of the molecule is CC(C)n1nc(C(=O)NNC(=O)Cc2ccccc2Cl)c2ccccc2c1=O. The number of carbonyl (C=O) groups excluding carboxylic acids is 2. The summed E-state index contributed by atoms with van der Waals surface area (Å²) in [4.78, 5) is 37.3. The van der Waals surface area contributed by atoms with Crippen LogP contribution in [0.15, 0.2) is 53.3 Å². The predicted molar refractivity (Wildman–Crippen MR) is 107 cm³/mol. The van der Waals surface area contributed by atoms with Crippen LogP contribution in [-0.2, 0) is 11.2 Å². The molecule has 8 heteroatoms. The molecule has 3 rings (SSSR count). The minimum absolute atomic E-state index is 0.0135. The zero-order chi connectivity index (χ0) is 20.3. The molecule has 2 amide bonds. The van der Waals surface area contributed by atoms with E-state index >= 15 is 0 Å². The monoisotopic (exact) mass is 398 g/mol. The van der Waals surface area contributed by atoms with Crippen molar-refractivity contribution in [3.05, 3.63) is 75.2 Å². The number of aromatic nitrogens is 2. The lowest BCUT2D eigenvalue weighted by atomic mass is 10.1. The molecule has 144 valence electrons. The summed E-state index contributed by atoms with van der Waals surface area (Å²) >= 11 is 6.04. The molecule has 7 nitrogen and oxygen atoms in total. The standard InChI is InChI=1S/C20H19ClN4O3/c1-12(2)25-20(28)15-9-5-4-8-14(15)18(24-25)19(27)23-22-17(26)11-13-7-3-6-10-16(13)21/h3-10,12H,11H2,1-2H3,(H,22,26)(H,23,27). The average molecular weight is 399 g/mol. The Morgan fingerprint density at radius 3 is 2.36 bits per heavy atom. The fraction of sp³-hybridized carbons (Fsp3) is 0.200. The topological polar surface area (TPSA) is 93.1 Å². The lowest BCUT2D eigenvalue weighted by Crippen LogP contribution is -2.43. The fourth-order valence-corrected chi connectivity index (χ4v) is 2.97. The van der Waals surface area contributed by atoms with E-state index in [4.69, 9.17) is 11.6 Å². The van der Waals surface area contributed by atoms with Gasteiger partial charge in [-0.2, -0.15) is 5.10 Å². The van der Waals surface area contributed by atoms with E-state index < -0.39 is 11.8 Å². The van der Waals surface area contributed by atoms with Crippen molar-refractivity contribution in [1.29, 1.82) is 0 Å². The van der Waals surface area contributed by atoms with Gasteiger partial charge in [0.2, 0.25) is 5.91 Å². The highest BCUT2D eigenvalue weighted by Crippen LogP contribution is 2.16. The molecule has 1 heterocycles. The van der Waals surface area contributed by atoms with Gasteiger partial charge in [0.25, 0.3) is 11.5 Å². The molecule has 0 saturated heterocycles. The van der Waals surface area contributed by atoms with E-state index in [0.717, 1.165) is 0 Å². The maximum atomic E-state index is 12.6. The van der Waals surface area contributed by atoms with Gasteiger partial charge in [0, 0.05) is 10.4 Å². The lowest BCUT2D eigenvalue weighted by molar-refractivity contribution is -0.121. The van der Waals surface area contributed by atoms with Crippen molar-refractivity contribution in [2.24, 2.45) is 0 Å². The second-order valence-electron chi connectivity index (χ2n) is 6.51. The van der Waals surface area contributed by atoms with E-state index in [9.17, 15) is 14.4 Å². The smallest absolute Gasteiger partial charge is 0.273 e. The number of benzene rings is 2. The molecule has 0 aliphatic heterocycles. The number of nitrogens with zero attached hydrogens (tertiary/aromatic N) is 2. The van der Waals surface area contributed by atoms with Gasteiger partial charge in [-0.3, -0.25) is 25.2 Å². The molecular weight excluding hydrogens is 380 g/mol. The van der Waals surface area contributed by atoms with Gasteiger partial charge in [-0.15, -0.1) is 0 Å². The molecule has 0 saturated carbocycles. The average Bonchev–Trinajstić information content (AvgIpc) is 2.68. The Morgan fingerprint density at radius 2 is 1.68 bits per heavy atom. The maximum absolute atomic E-state index is 12.6. The highest BCUT2D eigenvalue weighted by Gasteiger charge is 2.18. The van der Waals surface area contributed by atoms with Gasteiger partial charge in [-0.05, 0) is 31.5 Å². The van der Waals surface area contributed by atoms with E-state index in [-0.39, 0.29) is 23.7 Å². The van der Waals surface area contributed by atoms with Crippen LogP contribution >= 0.6 is 11.6 Å². The first kappa shape index (κ1) is 19.6. The number of amides is 2. The van der Waals surface area contributed by atoms with Gasteiger partial charge >= 0.3 is 0 Å². The molecular formula is C20H19ClN4O3. The van der Waals surface area contributed by atoms with Gasteiger partial charge in [0.15, 0.2) is 5.69 Å². The Hall–Kier alpha value is -3.19. The molecule has 0 aliphatic rings. The molecule has 1 aromatic heterocycles. The van der Waals surface area contributed by atoms with Crippen molar-refractivity contribution in [3.8, 4) is 0 Å². The van der Waals surface area contributed by atoms with Crippen LogP contribution in [0.4, 0.5) is 0 Å². The van der Waals surface area contributed by atoms with Crippen molar-refractivity contribution < 1.29 is 9.59 Å². The van der Waals surface area contributed by atoms with Gasteiger partial charge in [0.1, 0.15) is 0 Å². The first-order chi connectivity index (χ1) is 13.4. The summed E-state index contributed by atoms with van der Waals surface area (Å²) in [6.07, 6.45) is 0.0135. The third-order valence-corrected chi connectivity index (χ3v) is 4.53. The molecule has 3 aromatic rings. The summed E-state index contributed by atoms with van der Waals surface area (Å²) in [7, 11) is 0. The molecule has 0 atom stereocenters. The Bertz CT molecular complexity index is 1110. The Balaban J connectivity index is 1.82. The quantitative estimate of drug-likeness (QED) is 0.661. The van der Waals surface area contributed by atoms with Crippen LogP contribution in [0.3, 0.4) is 0 Å². The van der Waals surface area contributed by atoms with Crippen LogP contribution in [0.2, 0.25) is 5.02 Å². The van der Waals surface area contributed by atoms with E-state index in [1.807, 2.05) is 0 Å². The van der Waals surface area contributed by atoms with Crippen LogP contribution in [0, 0.1) is 0 Å². The van der Waals surface area contributed by atoms with Crippen molar-refractivity contribution in [2.45, 2.75) is 26.3 Å². The largest absolute Gasteiger partial charge is 0.290 e. The van der Waals surface area contributed by atoms with Crippen LogP contribution < -0.4 is 16.4 Å². The minimum Gasteiger partial charge on any atom is -0.273 e. The summed E-state index contributed by atoms with van der Waals surface area (Å²) < 4.78 is 1.25. The van der Waals surface area contributed by atoms with Crippen LogP contribution in [0.5, 0.6) is 0 Å². The Kier molecular flexibility index (Phi) is 5.75. The number of hydrazine groups is 1. The lowest BCUT2D eigenvalue weighted by Gasteiger charge is -2.14. The normalized spacial score (nSPS) is 10.9. The number of nitrogens with one attached hydrogen (secondary N) is 2. The molecule has 0 fully saturated rings. The third kappa shape index (κ3) is 4.04. The Morgan fingerprint density at radius 1 is 1.04 bits per heavy atom. The highest BCUT2D eigenvalue weighted by molar-refractivity contribution is 6.31. The molecule has 2 aromatic carbocycles. The van der Waals surface area contributed by atoms with Gasteiger partial charge in [-0.25, -0.2) is 4.68 Å². The maximum Gasteiger partial charge on any atom is 0.290 e. The van der Waals surface area contributed by atoms with Crippen molar-refractivity contribution in [2.75, 3.05) is 0 Å². The number of hydrogen-bond donors (Lipinski definition) is 2. The summed E-state index contributed by atoms with van der Waals surface area (Å²) in [5, 5.41) is 5.47. The molecule has 0 aliphatic carbocycles. The third-order valence-electron chi connectivity index (χ3n) is 4.16. The summed E-state index contributed by atoms with van der Waals surface area (Å²) in [5.41, 5.74) is 5.15. The number of rotatable bonds is 4. The molecule has 0 spiro atoms. The molecule has 0 radical (unpaired) electrons. The number of fused-ring (bicyclic) bond motifs is 1. The number of halogens is 1. The molecule has 28 heavy (non-hydrogen) atoms. The second kappa shape index (κ2) is 8.22. The zero-order valence-electron chi connectivity index (χ0n) is 15.4. The van der Waals surface area contributed by atoms with Gasteiger partial charge in [0.05, 0.1) is 17.8 Å². The molecule has 0 unspecified atom stereocenters. The second-order valence-corrected chi connectivity index (χ2v) is 6.92. The van der Waals surface area contributed by atoms with Crippen molar-refractivity contribution in [3.63, 3.8) is 0 Å². The molecule has 0 bridgehead atoms. The van der Waals surface area contributed by atoms with E-state index in [0.29, 0.717) is 21.4 Å². The minimum atomic E-state index is -0.613. The van der Waals surface area contributed by atoms with Gasteiger partial charge in [-0.1, -0.05) is 48.0 Å². The Labute approximate surface area is 166 Å². The highest BCUT2D eigenvalue weighted by atomic mass is 35.5. The number of hydrogen-bond acceptors (Lipinski definition) is 4. The first-order valence-electron chi connectivity index (χ1n) is 8.72. The predicted octanol–water partition coefficient (Wildman–Crippen LogP) is 2.63. The van der Waals surface area contributed by atoms with Crippen LogP contribution in [-0.4, -0.2) is 21.6 Å². The number of carbonyl (C=O) groups is 2. The van der Waals surface area contributed by atoms with E-state index in [2.05, 4.69) is 16.0 Å². The van der Waals surface area contributed by atoms with E-state index in [1.165, 1.54) is 4.68 Å². The van der Waals surface area contributed by atoms with Crippen molar-refractivity contribution >= 4 is 34.2 Å². The van der Waals surface area contributed by atoms with E-state index in [1.54, 1.807) is 62.4 Å². The van der Waals surface area contributed by atoms with Crippen LogP contribution in [0.25, 0.3) is 10.8 Å². The summed E-state index contributed by atoms with van der Waals surface area (Å²) in [5.74, 6) is -1.04. The summed E-state index contributed by atoms with van der Waals surface area (Å²) in [6, 6.07) is 13.5. The zero-order valence-corrected chi connectivity index (χ0v) is 16.2. The van der Waals surface area contributed by atoms with Crippen molar-refractivity contribution in [1.82, 2.24) is 20.6 Å². The first-order valence-corrected chi connectivity index (χ1v) is 9.10. The fourth-order valence-electron chi connectivity index (χ4n) is 2.77. The molecule has 2 N–H and O–H groups in total.